The molecule has 1 saturated heterocycles. The van der Waals surface area contributed by atoms with Gasteiger partial charge >= 0.3 is 0 Å². The number of ether oxygens (including phenoxy) is 1. The Morgan fingerprint density at radius 3 is 2.86 bits per heavy atom. The number of H-pyrrole nitrogens is 1. The first kappa shape index (κ1) is 18.2. The van der Waals surface area contributed by atoms with E-state index in [1.54, 1.807) is 13.2 Å². The second kappa shape index (κ2) is 7.80. The van der Waals surface area contributed by atoms with E-state index in [1.807, 2.05) is 48.2 Å². The van der Waals surface area contributed by atoms with Gasteiger partial charge in [0.25, 0.3) is 5.91 Å². The number of aromatic nitrogens is 4. The first-order valence-electron chi connectivity index (χ1n) is 9.43. The molecule has 3 heterocycles. The summed E-state index contributed by atoms with van der Waals surface area (Å²) >= 11 is 0. The molecule has 1 amide bonds. The monoisotopic (exact) mass is 377 g/mol. The molecule has 0 spiro atoms. The molecule has 144 valence electrons. The fourth-order valence-corrected chi connectivity index (χ4v) is 3.60. The Balaban J connectivity index is 1.54. The lowest BCUT2D eigenvalue weighted by Gasteiger charge is -2.31. The zero-order valence-electron chi connectivity index (χ0n) is 16.1. The van der Waals surface area contributed by atoms with Crippen LogP contribution in [0, 0.1) is 6.92 Å². The second-order valence-electron chi connectivity index (χ2n) is 7.02. The van der Waals surface area contributed by atoms with E-state index in [2.05, 4.69) is 20.2 Å². The number of rotatable bonds is 4. The molecule has 0 bridgehead atoms. The van der Waals surface area contributed by atoms with Gasteiger partial charge in [-0.15, -0.1) is 0 Å². The third-order valence-electron chi connectivity index (χ3n) is 5.03. The Morgan fingerprint density at radius 2 is 2.07 bits per heavy atom. The van der Waals surface area contributed by atoms with Crippen molar-refractivity contribution in [3.05, 3.63) is 59.7 Å². The van der Waals surface area contributed by atoms with Crippen molar-refractivity contribution in [1.29, 1.82) is 0 Å². The summed E-state index contributed by atoms with van der Waals surface area (Å²) in [6.45, 7) is 3.28. The van der Waals surface area contributed by atoms with Gasteiger partial charge in [-0.05, 0) is 38.0 Å². The van der Waals surface area contributed by atoms with Gasteiger partial charge in [0.1, 0.15) is 5.82 Å². The number of methoxy groups -OCH3 is 1. The number of hydrogen-bond acceptors (Lipinski definition) is 5. The summed E-state index contributed by atoms with van der Waals surface area (Å²) in [5.41, 5.74) is 2.33. The highest BCUT2D eigenvalue weighted by Crippen LogP contribution is 2.27. The number of hydrogen-bond donors (Lipinski definition) is 1. The third-order valence-corrected chi connectivity index (χ3v) is 5.03. The van der Waals surface area contributed by atoms with Gasteiger partial charge in [0, 0.05) is 36.2 Å². The van der Waals surface area contributed by atoms with E-state index < -0.39 is 0 Å². The topological polar surface area (TPSA) is 84.0 Å². The Morgan fingerprint density at radius 1 is 1.21 bits per heavy atom. The molecular formula is C21H23N5O2. The van der Waals surface area contributed by atoms with Crippen LogP contribution >= 0.6 is 0 Å². The largest absolute Gasteiger partial charge is 0.481 e. The van der Waals surface area contributed by atoms with Gasteiger partial charge in [-0.25, -0.2) is 9.97 Å². The van der Waals surface area contributed by atoms with E-state index >= 15 is 0 Å². The van der Waals surface area contributed by atoms with Crippen molar-refractivity contribution in [2.75, 3.05) is 20.2 Å². The number of amides is 1. The van der Waals surface area contributed by atoms with Crippen molar-refractivity contribution >= 4 is 5.91 Å². The van der Waals surface area contributed by atoms with Crippen LogP contribution in [0.25, 0.3) is 11.3 Å². The van der Waals surface area contributed by atoms with Crippen molar-refractivity contribution < 1.29 is 9.53 Å². The normalized spacial score (nSPS) is 16.8. The molecule has 0 unspecified atom stereocenters. The maximum absolute atomic E-state index is 13.1. The number of piperidine rings is 1. The van der Waals surface area contributed by atoms with E-state index in [0.29, 0.717) is 18.0 Å². The van der Waals surface area contributed by atoms with Gasteiger partial charge in [0.15, 0.2) is 5.82 Å². The van der Waals surface area contributed by atoms with Gasteiger partial charge in [-0.2, -0.15) is 5.10 Å². The van der Waals surface area contributed by atoms with Gasteiger partial charge in [-0.3, -0.25) is 9.89 Å². The molecule has 3 aromatic rings. The lowest BCUT2D eigenvalue weighted by atomic mass is 9.96. The fraction of sp³-hybridized carbons (Fsp3) is 0.333. The molecule has 1 N–H and O–H groups in total. The molecule has 1 aromatic carbocycles. The average Bonchev–Trinajstić information content (AvgIpc) is 3.20. The molecule has 2 aromatic heterocycles. The molecule has 7 nitrogen and oxygen atoms in total. The molecule has 1 aliphatic rings. The molecule has 4 rings (SSSR count). The molecule has 0 saturated carbocycles. The zero-order chi connectivity index (χ0) is 19.5. The van der Waals surface area contributed by atoms with Crippen LogP contribution < -0.4 is 4.74 Å². The van der Waals surface area contributed by atoms with E-state index in [0.717, 1.165) is 42.3 Å². The standard InChI is InChI=1S/C21H23N5O2/c1-14-22-20(25-24-14)17-8-5-11-26(13-17)21(27)16-7-3-6-15(12-16)18-9-4-10-19(23-18)28-2/h3-4,6-7,9-10,12,17H,5,8,11,13H2,1-2H3,(H,22,24,25)/t17-/m1/s1. The Labute approximate surface area is 163 Å². The predicted octanol–water partition coefficient (Wildman–Crippen LogP) is 3.20. The maximum Gasteiger partial charge on any atom is 0.253 e. The molecule has 7 heteroatoms. The van der Waals surface area contributed by atoms with Crippen LogP contribution in [-0.4, -0.2) is 51.2 Å². The van der Waals surface area contributed by atoms with Gasteiger partial charge in [-0.1, -0.05) is 18.2 Å². The van der Waals surface area contributed by atoms with Crippen LogP contribution in [-0.2, 0) is 0 Å². The molecule has 1 atom stereocenters. The van der Waals surface area contributed by atoms with Crippen LogP contribution in [0.3, 0.4) is 0 Å². The van der Waals surface area contributed by atoms with Crippen molar-refractivity contribution in [3.8, 4) is 17.1 Å². The Hall–Kier alpha value is -3.22. The number of nitrogens with zero attached hydrogens (tertiary/aromatic N) is 4. The smallest absolute Gasteiger partial charge is 0.253 e. The third kappa shape index (κ3) is 3.74. The SMILES string of the molecule is COc1cccc(-c2cccc(C(=O)N3CCC[C@@H](c4n[nH]c(C)n4)C3)c2)n1. The molecule has 1 fully saturated rings. The summed E-state index contributed by atoms with van der Waals surface area (Å²) in [6, 6.07) is 13.2. The van der Waals surface area contributed by atoms with E-state index in [-0.39, 0.29) is 11.8 Å². The van der Waals surface area contributed by atoms with Gasteiger partial charge in [0.2, 0.25) is 5.88 Å². The van der Waals surface area contributed by atoms with Crippen LogP contribution in [0.2, 0.25) is 0 Å². The number of aryl methyl sites for hydroxylation is 1. The summed E-state index contributed by atoms with van der Waals surface area (Å²) in [5, 5.41) is 7.18. The van der Waals surface area contributed by atoms with Crippen LogP contribution in [0.5, 0.6) is 5.88 Å². The summed E-state index contributed by atoms with van der Waals surface area (Å²) in [4.78, 5) is 23.9. The van der Waals surface area contributed by atoms with E-state index in [9.17, 15) is 4.79 Å². The van der Waals surface area contributed by atoms with E-state index in [1.165, 1.54) is 0 Å². The van der Waals surface area contributed by atoms with Gasteiger partial charge < -0.3 is 9.64 Å². The van der Waals surface area contributed by atoms with Crippen molar-refractivity contribution in [1.82, 2.24) is 25.1 Å². The maximum atomic E-state index is 13.1. The van der Waals surface area contributed by atoms with Gasteiger partial charge in [0.05, 0.1) is 12.8 Å². The Kier molecular flexibility index (Phi) is 5.06. The minimum atomic E-state index is 0.0294. The number of pyridine rings is 1. The number of nitrogens with one attached hydrogen (secondary N) is 1. The molecule has 1 aliphatic heterocycles. The molecular weight excluding hydrogens is 354 g/mol. The van der Waals surface area contributed by atoms with Crippen molar-refractivity contribution in [2.45, 2.75) is 25.7 Å². The van der Waals surface area contributed by atoms with Crippen LogP contribution in [0.1, 0.15) is 40.8 Å². The quantitative estimate of drug-likeness (QED) is 0.755. The minimum absolute atomic E-state index is 0.0294. The molecule has 0 radical (unpaired) electrons. The van der Waals surface area contributed by atoms with Crippen molar-refractivity contribution in [2.24, 2.45) is 0 Å². The summed E-state index contributed by atoms with van der Waals surface area (Å²) in [6.07, 6.45) is 1.94. The summed E-state index contributed by atoms with van der Waals surface area (Å²) < 4.78 is 5.20. The fourth-order valence-electron chi connectivity index (χ4n) is 3.60. The van der Waals surface area contributed by atoms with E-state index in [4.69, 9.17) is 4.74 Å². The lowest BCUT2D eigenvalue weighted by molar-refractivity contribution is 0.0704. The lowest BCUT2D eigenvalue weighted by Crippen LogP contribution is -2.39. The van der Waals surface area contributed by atoms with Crippen molar-refractivity contribution in [3.63, 3.8) is 0 Å². The Bertz CT molecular complexity index is 984. The number of benzene rings is 1. The number of carbonyl (C=O) groups is 1. The second-order valence-corrected chi connectivity index (χ2v) is 7.02. The number of likely N-dealkylation sites (tertiary alicyclic amines) is 1. The van der Waals surface area contributed by atoms with Crippen LogP contribution in [0.15, 0.2) is 42.5 Å². The highest BCUT2D eigenvalue weighted by Gasteiger charge is 2.27. The van der Waals surface area contributed by atoms with Crippen LogP contribution in [0.4, 0.5) is 0 Å². The highest BCUT2D eigenvalue weighted by atomic mass is 16.5. The summed E-state index contributed by atoms with van der Waals surface area (Å²) in [5.74, 6) is 2.35. The summed E-state index contributed by atoms with van der Waals surface area (Å²) in [7, 11) is 1.59. The highest BCUT2D eigenvalue weighted by molar-refractivity contribution is 5.95. The average molecular weight is 377 g/mol. The zero-order valence-corrected chi connectivity index (χ0v) is 16.1. The number of aromatic amines is 1. The first-order valence-corrected chi connectivity index (χ1v) is 9.43. The molecule has 0 aliphatic carbocycles. The molecule has 28 heavy (non-hydrogen) atoms. The minimum Gasteiger partial charge on any atom is -0.481 e. The first-order chi connectivity index (χ1) is 13.6. The predicted molar refractivity (Wildman–Crippen MR) is 105 cm³/mol. The number of carbonyl (C=O) groups excluding carboxylic acids is 1.